The number of carbonyl (C=O) groups excluding carboxylic acids is 2. The molecule has 8 nitrogen and oxygen atoms in total. The molecule has 1 saturated heterocycles. The molecule has 2 aromatic heterocycles. The van der Waals surface area contributed by atoms with E-state index in [4.69, 9.17) is 11.6 Å². The van der Waals surface area contributed by atoms with Crippen molar-refractivity contribution in [1.82, 2.24) is 25.0 Å². The number of halogens is 1. The van der Waals surface area contributed by atoms with Gasteiger partial charge in [0.25, 0.3) is 11.8 Å². The highest BCUT2D eigenvalue weighted by Crippen LogP contribution is 2.29. The topological polar surface area (TPSA) is 100 Å². The van der Waals surface area contributed by atoms with Crippen molar-refractivity contribution in [3.05, 3.63) is 37.2 Å². The molecule has 2 amide bonds. The maximum absolute atomic E-state index is 12.3. The molecule has 0 aromatic carbocycles. The Morgan fingerprint density at radius 3 is 2.70 bits per heavy atom. The summed E-state index contributed by atoms with van der Waals surface area (Å²) in [4.78, 5) is 40.0. The molecular weight excluding hydrogens is 342 g/mol. The summed E-state index contributed by atoms with van der Waals surface area (Å²) in [6.07, 6.45) is 0. The van der Waals surface area contributed by atoms with Gasteiger partial charge in [0, 0.05) is 20.1 Å². The molecule has 3 rings (SSSR count). The highest BCUT2D eigenvalue weighted by Gasteiger charge is 2.34. The van der Waals surface area contributed by atoms with Crippen LogP contribution in [0.5, 0.6) is 0 Å². The molecule has 3 heterocycles. The summed E-state index contributed by atoms with van der Waals surface area (Å²) in [6, 6.07) is -0.170. The van der Waals surface area contributed by atoms with E-state index in [-0.39, 0.29) is 17.8 Å². The van der Waals surface area contributed by atoms with Crippen LogP contribution in [0, 0.1) is 6.92 Å². The van der Waals surface area contributed by atoms with E-state index in [1.807, 2.05) is 12.3 Å². The number of aryl methyl sites for hydroxylation is 2. The lowest BCUT2D eigenvalue weighted by Gasteiger charge is -2.39. The predicted molar refractivity (Wildman–Crippen MR) is 85.1 cm³/mol. The lowest BCUT2D eigenvalue weighted by molar-refractivity contribution is 0.0545. The Bertz CT molecular complexity index is 833. The van der Waals surface area contributed by atoms with Crippen LogP contribution < -0.4 is 11.0 Å². The SMILES string of the molecule is Cc1csc(C(=O)N2CC(NC(=O)c3nn(C)c(=O)[nH]3)C2)c1Cl. The number of hydrogen-bond acceptors (Lipinski definition) is 5. The molecule has 0 radical (unpaired) electrons. The molecule has 1 aliphatic rings. The van der Waals surface area contributed by atoms with Gasteiger partial charge in [-0.1, -0.05) is 11.6 Å². The maximum Gasteiger partial charge on any atom is 0.343 e. The predicted octanol–water partition coefficient (Wildman–Crippen LogP) is 0.386. The summed E-state index contributed by atoms with van der Waals surface area (Å²) in [6.45, 7) is 2.65. The van der Waals surface area contributed by atoms with E-state index in [9.17, 15) is 14.4 Å². The van der Waals surface area contributed by atoms with Crippen LogP contribution in [-0.2, 0) is 7.05 Å². The molecule has 0 atom stereocenters. The molecule has 0 spiro atoms. The van der Waals surface area contributed by atoms with Crippen LogP contribution in [-0.4, -0.2) is 50.6 Å². The molecule has 23 heavy (non-hydrogen) atoms. The van der Waals surface area contributed by atoms with Crippen LogP contribution in [0.2, 0.25) is 5.02 Å². The van der Waals surface area contributed by atoms with Crippen LogP contribution in [0.3, 0.4) is 0 Å². The molecule has 2 aromatic rings. The summed E-state index contributed by atoms with van der Waals surface area (Å²) in [5.41, 5.74) is 0.424. The lowest BCUT2D eigenvalue weighted by Crippen LogP contribution is -2.61. The minimum Gasteiger partial charge on any atom is -0.343 e. The van der Waals surface area contributed by atoms with Crippen molar-refractivity contribution < 1.29 is 9.59 Å². The number of rotatable bonds is 3. The summed E-state index contributed by atoms with van der Waals surface area (Å²) >= 11 is 7.41. The van der Waals surface area contributed by atoms with Crippen LogP contribution in [0.1, 0.15) is 25.9 Å². The Hall–Kier alpha value is -2.13. The lowest BCUT2D eigenvalue weighted by atomic mass is 10.1. The van der Waals surface area contributed by atoms with Gasteiger partial charge < -0.3 is 10.2 Å². The Labute approximate surface area is 140 Å². The number of aromatic amines is 1. The molecule has 0 aliphatic carbocycles. The van der Waals surface area contributed by atoms with Crippen molar-refractivity contribution in [2.24, 2.45) is 7.05 Å². The number of nitrogens with one attached hydrogen (secondary N) is 2. The van der Waals surface area contributed by atoms with E-state index >= 15 is 0 Å². The van der Waals surface area contributed by atoms with Gasteiger partial charge in [-0.15, -0.1) is 16.4 Å². The second-order valence-corrected chi connectivity index (χ2v) is 6.60. The number of likely N-dealkylation sites (tertiary alicyclic amines) is 1. The Morgan fingerprint density at radius 1 is 1.48 bits per heavy atom. The summed E-state index contributed by atoms with van der Waals surface area (Å²) in [5, 5.41) is 8.82. The quantitative estimate of drug-likeness (QED) is 0.831. The van der Waals surface area contributed by atoms with Gasteiger partial charge in [-0.3, -0.25) is 14.6 Å². The molecule has 0 bridgehead atoms. The van der Waals surface area contributed by atoms with E-state index in [2.05, 4.69) is 15.4 Å². The zero-order valence-electron chi connectivity index (χ0n) is 12.4. The molecule has 122 valence electrons. The van der Waals surface area contributed by atoms with Gasteiger partial charge in [0.05, 0.1) is 11.1 Å². The summed E-state index contributed by atoms with van der Waals surface area (Å²) < 4.78 is 1.05. The maximum atomic E-state index is 12.3. The zero-order chi connectivity index (χ0) is 16.7. The molecular formula is C13H14ClN5O3S. The third-order valence-electron chi connectivity index (χ3n) is 3.58. The molecule has 1 fully saturated rings. The molecule has 10 heteroatoms. The van der Waals surface area contributed by atoms with Crippen LogP contribution in [0.25, 0.3) is 0 Å². The van der Waals surface area contributed by atoms with Crippen LogP contribution >= 0.6 is 22.9 Å². The van der Waals surface area contributed by atoms with Gasteiger partial charge in [0.15, 0.2) is 0 Å². The molecule has 0 unspecified atom stereocenters. The van der Waals surface area contributed by atoms with Gasteiger partial charge in [0.2, 0.25) is 5.82 Å². The third-order valence-corrected chi connectivity index (χ3v) is 5.27. The number of thiophene rings is 1. The second-order valence-electron chi connectivity index (χ2n) is 5.34. The van der Waals surface area contributed by atoms with Gasteiger partial charge in [0.1, 0.15) is 4.88 Å². The van der Waals surface area contributed by atoms with Gasteiger partial charge in [-0.25, -0.2) is 9.48 Å². The Balaban J connectivity index is 1.57. The molecule has 2 N–H and O–H groups in total. The first-order chi connectivity index (χ1) is 10.9. The van der Waals surface area contributed by atoms with E-state index in [1.165, 1.54) is 18.4 Å². The Kier molecular flexibility index (Phi) is 3.99. The van der Waals surface area contributed by atoms with Crippen molar-refractivity contribution in [3.8, 4) is 0 Å². The fourth-order valence-electron chi connectivity index (χ4n) is 2.21. The first kappa shape index (κ1) is 15.8. The minimum absolute atomic E-state index is 0.0424. The van der Waals surface area contributed by atoms with Crippen LogP contribution in [0.4, 0.5) is 0 Å². The van der Waals surface area contributed by atoms with Crippen LogP contribution in [0.15, 0.2) is 10.2 Å². The first-order valence-corrected chi connectivity index (χ1v) is 8.09. The second kappa shape index (κ2) is 5.82. The fraction of sp³-hybridized carbons (Fsp3) is 0.385. The summed E-state index contributed by atoms with van der Waals surface area (Å²) in [5.74, 6) is -0.645. The Morgan fingerprint density at radius 2 is 2.17 bits per heavy atom. The van der Waals surface area contributed by atoms with E-state index < -0.39 is 11.6 Å². The average molecular weight is 356 g/mol. The highest BCUT2D eigenvalue weighted by molar-refractivity contribution is 7.13. The monoisotopic (exact) mass is 355 g/mol. The molecule has 0 saturated carbocycles. The number of hydrogen-bond donors (Lipinski definition) is 2. The van der Waals surface area contributed by atoms with E-state index in [0.29, 0.717) is 23.0 Å². The van der Waals surface area contributed by atoms with Gasteiger partial charge in [-0.2, -0.15) is 0 Å². The fourth-order valence-corrected chi connectivity index (χ4v) is 3.45. The number of carbonyl (C=O) groups is 2. The van der Waals surface area contributed by atoms with Crippen molar-refractivity contribution in [3.63, 3.8) is 0 Å². The number of H-pyrrole nitrogens is 1. The first-order valence-electron chi connectivity index (χ1n) is 6.84. The standard InChI is InChI=1S/C13H14ClN5O3S/c1-6-5-23-9(8(6)14)12(21)19-3-7(4-19)15-11(20)10-16-13(22)18(2)17-10/h5,7H,3-4H2,1-2H3,(H,15,20)(H,16,17,22). The smallest absolute Gasteiger partial charge is 0.343 e. The summed E-state index contributed by atoms with van der Waals surface area (Å²) in [7, 11) is 1.45. The minimum atomic E-state index is -0.468. The normalized spacial score (nSPS) is 14.7. The average Bonchev–Trinajstić information content (AvgIpc) is 2.97. The number of amides is 2. The van der Waals surface area contributed by atoms with Crippen molar-refractivity contribution >= 4 is 34.8 Å². The van der Waals surface area contributed by atoms with Crippen molar-refractivity contribution in [2.45, 2.75) is 13.0 Å². The van der Waals surface area contributed by atoms with Crippen molar-refractivity contribution in [1.29, 1.82) is 0 Å². The number of aromatic nitrogens is 3. The molecule has 1 aliphatic heterocycles. The third kappa shape index (κ3) is 2.89. The van der Waals surface area contributed by atoms with E-state index in [0.717, 1.165) is 10.2 Å². The van der Waals surface area contributed by atoms with E-state index in [1.54, 1.807) is 4.90 Å². The largest absolute Gasteiger partial charge is 0.343 e. The van der Waals surface area contributed by atoms with Gasteiger partial charge >= 0.3 is 5.69 Å². The highest BCUT2D eigenvalue weighted by atomic mass is 35.5. The van der Waals surface area contributed by atoms with Gasteiger partial charge in [-0.05, 0) is 17.9 Å². The van der Waals surface area contributed by atoms with Crippen molar-refractivity contribution in [2.75, 3.05) is 13.1 Å². The zero-order valence-corrected chi connectivity index (χ0v) is 14.0. The number of nitrogens with zero attached hydrogens (tertiary/aromatic N) is 3.